The molecule has 6 nitrogen and oxygen atoms in total. The van der Waals surface area contributed by atoms with E-state index in [1.54, 1.807) is 6.20 Å². The number of rotatable bonds is 7. The van der Waals surface area contributed by atoms with Crippen LogP contribution in [0.3, 0.4) is 0 Å². The zero-order valence-corrected chi connectivity index (χ0v) is 13.2. The maximum absolute atomic E-state index is 12.4. The lowest BCUT2D eigenvalue weighted by Crippen LogP contribution is -2.37. The van der Waals surface area contributed by atoms with E-state index in [1.165, 1.54) is 6.42 Å². The molecule has 22 heavy (non-hydrogen) atoms. The molecular formula is C16H25N3O3. The molecule has 0 aromatic carbocycles. The summed E-state index contributed by atoms with van der Waals surface area (Å²) in [7, 11) is 1.95. The van der Waals surface area contributed by atoms with Crippen LogP contribution in [0.4, 0.5) is 0 Å². The number of aryl methyl sites for hydroxylation is 1. The van der Waals surface area contributed by atoms with E-state index in [-0.39, 0.29) is 18.6 Å². The van der Waals surface area contributed by atoms with Crippen LogP contribution in [-0.4, -0.2) is 52.3 Å². The van der Waals surface area contributed by atoms with Crippen molar-refractivity contribution >= 4 is 5.91 Å². The van der Waals surface area contributed by atoms with E-state index in [4.69, 9.17) is 9.47 Å². The maximum Gasteiger partial charge on any atom is 0.249 e. The molecule has 1 unspecified atom stereocenters. The van der Waals surface area contributed by atoms with Crippen molar-refractivity contribution in [2.24, 2.45) is 7.05 Å². The van der Waals surface area contributed by atoms with Gasteiger partial charge in [-0.2, -0.15) is 0 Å². The summed E-state index contributed by atoms with van der Waals surface area (Å²) in [5.74, 6) is 0.970. The molecule has 1 aliphatic heterocycles. The summed E-state index contributed by atoms with van der Waals surface area (Å²) in [4.78, 5) is 18.6. The highest BCUT2D eigenvalue weighted by atomic mass is 16.5. The van der Waals surface area contributed by atoms with Crippen LogP contribution in [0, 0.1) is 0 Å². The molecule has 1 saturated heterocycles. The molecule has 2 aliphatic rings. The van der Waals surface area contributed by atoms with Gasteiger partial charge in [-0.3, -0.25) is 4.79 Å². The molecule has 2 fully saturated rings. The topological polar surface area (TPSA) is 56.6 Å². The molecule has 1 saturated carbocycles. The van der Waals surface area contributed by atoms with Crippen LogP contribution in [0.15, 0.2) is 12.4 Å². The Labute approximate surface area is 131 Å². The lowest BCUT2D eigenvalue weighted by molar-refractivity contribution is -0.139. The van der Waals surface area contributed by atoms with Crippen LogP contribution < -0.4 is 0 Å². The van der Waals surface area contributed by atoms with E-state index in [0.717, 1.165) is 38.1 Å². The Balaban J connectivity index is 1.46. The van der Waals surface area contributed by atoms with E-state index in [1.807, 2.05) is 22.7 Å². The molecule has 1 aliphatic carbocycles. The number of hydrogen-bond donors (Lipinski definition) is 0. The smallest absolute Gasteiger partial charge is 0.249 e. The molecule has 6 heteroatoms. The van der Waals surface area contributed by atoms with Crippen molar-refractivity contribution in [2.45, 2.75) is 50.8 Å². The van der Waals surface area contributed by atoms with Gasteiger partial charge in [-0.25, -0.2) is 4.98 Å². The van der Waals surface area contributed by atoms with Crippen LogP contribution in [0.25, 0.3) is 0 Å². The fraction of sp³-hybridized carbons (Fsp3) is 0.750. The first-order valence-electron chi connectivity index (χ1n) is 8.19. The van der Waals surface area contributed by atoms with E-state index >= 15 is 0 Å². The summed E-state index contributed by atoms with van der Waals surface area (Å²) in [6.45, 7) is 2.04. The van der Waals surface area contributed by atoms with Gasteiger partial charge in [0.25, 0.3) is 0 Å². The second kappa shape index (κ2) is 7.24. The van der Waals surface area contributed by atoms with Crippen molar-refractivity contribution in [2.75, 3.05) is 19.8 Å². The predicted molar refractivity (Wildman–Crippen MR) is 81.2 cm³/mol. The molecule has 0 bridgehead atoms. The van der Waals surface area contributed by atoms with E-state index < -0.39 is 0 Å². The summed E-state index contributed by atoms with van der Waals surface area (Å²) < 4.78 is 13.2. The summed E-state index contributed by atoms with van der Waals surface area (Å²) in [6.07, 6.45) is 9.36. The zero-order chi connectivity index (χ0) is 15.4. The van der Waals surface area contributed by atoms with Crippen LogP contribution >= 0.6 is 0 Å². The summed E-state index contributed by atoms with van der Waals surface area (Å²) in [5, 5.41) is 0. The Hall–Kier alpha value is -1.40. The first-order valence-corrected chi connectivity index (χ1v) is 8.19. The maximum atomic E-state index is 12.4. The number of amides is 1. The van der Waals surface area contributed by atoms with Crippen molar-refractivity contribution in [3.8, 4) is 0 Å². The normalized spacial score (nSPS) is 21.8. The third-order valence-electron chi connectivity index (χ3n) is 4.34. The average molecular weight is 307 g/mol. The Morgan fingerprint density at radius 2 is 2.32 bits per heavy atom. The minimum Gasteiger partial charge on any atom is -0.376 e. The molecule has 0 spiro atoms. The monoisotopic (exact) mass is 307 g/mol. The van der Waals surface area contributed by atoms with E-state index in [9.17, 15) is 4.79 Å². The third-order valence-corrected chi connectivity index (χ3v) is 4.34. The number of nitrogens with zero attached hydrogens (tertiary/aromatic N) is 3. The van der Waals surface area contributed by atoms with Crippen molar-refractivity contribution < 1.29 is 14.3 Å². The second-order valence-corrected chi connectivity index (χ2v) is 6.21. The van der Waals surface area contributed by atoms with E-state index in [0.29, 0.717) is 19.2 Å². The average Bonchev–Trinajstić information content (AvgIpc) is 3.29. The fourth-order valence-electron chi connectivity index (χ4n) is 2.81. The Morgan fingerprint density at radius 3 is 2.95 bits per heavy atom. The van der Waals surface area contributed by atoms with Crippen molar-refractivity contribution in [1.29, 1.82) is 0 Å². The highest BCUT2D eigenvalue weighted by Gasteiger charge is 2.33. The third kappa shape index (κ3) is 4.08. The lowest BCUT2D eigenvalue weighted by Gasteiger charge is -2.24. The first kappa shape index (κ1) is 15.5. The lowest BCUT2D eigenvalue weighted by atomic mass is 10.1. The van der Waals surface area contributed by atoms with Crippen LogP contribution in [0.2, 0.25) is 0 Å². The van der Waals surface area contributed by atoms with Crippen molar-refractivity contribution in [3.63, 3.8) is 0 Å². The van der Waals surface area contributed by atoms with Gasteiger partial charge in [-0.05, 0) is 32.1 Å². The molecule has 0 N–H and O–H groups in total. The fourth-order valence-corrected chi connectivity index (χ4v) is 2.81. The molecule has 0 radical (unpaired) electrons. The number of carbonyl (C=O) groups is 1. The zero-order valence-electron chi connectivity index (χ0n) is 13.2. The summed E-state index contributed by atoms with van der Waals surface area (Å²) >= 11 is 0. The number of hydrogen-bond acceptors (Lipinski definition) is 4. The van der Waals surface area contributed by atoms with Gasteiger partial charge in [0.2, 0.25) is 5.91 Å². The van der Waals surface area contributed by atoms with Gasteiger partial charge in [-0.1, -0.05) is 0 Å². The van der Waals surface area contributed by atoms with E-state index in [2.05, 4.69) is 4.98 Å². The standard InChI is InChI=1S/C16H25N3O3/c1-18-8-7-17-15(18)10-19(13-5-6-13)16(20)12-21-11-14-4-2-3-9-22-14/h7-8,13-14H,2-6,9-12H2,1H3. The molecule has 2 heterocycles. The van der Waals surface area contributed by atoms with Crippen LogP contribution in [0.1, 0.15) is 37.9 Å². The number of carbonyl (C=O) groups excluding carboxylic acids is 1. The Kier molecular flexibility index (Phi) is 5.10. The number of imidazole rings is 1. The van der Waals surface area contributed by atoms with Gasteiger partial charge in [0.15, 0.2) is 0 Å². The first-order chi connectivity index (χ1) is 10.7. The van der Waals surface area contributed by atoms with Crippen molar-refractivity contribution in [3.05, 3.63) is 18.2 Å². The molecule has 1 aromatic heterocycles. The molecular weight excluding hydrogens is 282 g/mol. The van der Waals surface area contributed by atoms with Gasteiger partial charge >= 0.3 is 0 Å². The van der Waals surface area contributed by atoms with Gasteiger partial charge in [0.05, 0.1) is 19.3 Å². The van der Waals surface area contributed by atoms with Crippen molar-refractivity contribution in [1.82, 2.24) is 14.5 Å². The van der Waals surface area contributed by atoms with Gasteiger partial charge < -0.3 is 18.9 Å². The highest BCUT2D eigenvalue weighted by molar-refractivity contribution is 5.78. The van der Waals surface area contributed by atoms with Gasteiger partial charge in [0, 0.05) is 32.1 Å². The summed E-state index contributed by atoms with van der Waals surface area (Å²) in [6, 6.07) is 0.360. The highest BCUT2D eigenvalue weighted by Crippen LogP contribution is 2.28. The van der Waals surface area contributed by atoms with Gasteiger partial charge in [0.1, 0.15) is 12.4 Å². The Morgan fingerprint density at radius 1 is 1.45 bits per heavy atom. The molecule has 122 valence electrons. The molecule has 1 atom stereocenters. The molecule has 1 amide bonds. The minimum atomic E-state index is 0.0568. The Bertz CT molecular complexity index is 493. The molecule has 3 rings (SSSR count). The molecule has 1 aromatic rings. The number of aromatic nitrogens is 2. The largest absolute Gasteiger partial charge is 0.376 e. The summed E-state index contributed by atoms with van der Waals surface area (Å²) in [5.41, 5.74) is 0. The minimum absolute atomic E-state index is 0.0568. The second-order valence-electron chi connectivity index (χ2n) is 6.21. The predicted octanol–water partition coefficient (Wildman–Crippen LogP) is 1.50. The van der Waals surface area contributed by atoms with Gasteiger partial charge in [-0.15, -0.1) is 0 Å². The SMILES string of the molecule is Cn1ccnc1CN(C(=O)COCC1CCCCO1)C1CC1. The quantitative estimate of drug-likeness (QED) is 0.766. The number of ether oxygens (including phenoxy) is 2. The van der Waals surface area contributed by atoms with Crippen LogP contribution in [-0.2, 0) is 27.9 Å². The van der Waals surface area contributed by atoms with Crippen LogP contribution in [0.5, 0.6) is 0 Å².